The Labute approximate surface area is 77.9 Å². The van der Waals surface area contributed by atoms with E-state index < -0.39 is 0 Å². The van der Waals surface area contributed by atoms with E-state index >= 15 is 0 Å². The minimum atomic E-state index is 0.0727. The molecule has 0 aliphatic rings. The summed E-state index contributed by atoms with van der Waals surface area (Å²) < 4.78 is 5.14. The van der Waals surface area contributed by atoms with Gasteiger partial charge in [-0.2, -0.15) is 0 Å². The Balaban J connectivity index is 2.71. The third kappa shape index (κ3) is 2.22. The molecule has 0 N–H and O–H groups in total. The third-order valence-electron chi connectivity index (χ3n) is 1.86. The van der Waals surface area contributed by atoms with Crippen LogP contribution in [-0.2, 0) is 6.42 Å². The second-order valence-electron chi connectivity index (χ2n) is 2.74. The molecule has 0 saturated heterocycles. The van der Waals surface area contributed by atoms with Crippen LogP contribution < -0.4 is 0 Å². The molecule has 0 spiro atoms. The quantitative estimate of drug-likeness (QED) is 0.521. The zero-order valence-corrected chi connectivity index (χ0v) is 7.67. The molecule has 2 heteroatoms. The van der Waals surface area contributed by atoms with Crippen molar-refractivity contribution >= 4 is 5.78 Å². The van der Waals surface area contributed by atoms with Crippen molar-refractivity contribution in [2.75, 3.05) is 0 Å². The van der Waals surface area contributed by atoms with Crippen LogP contribution in [0.5, 0.6) is 0 Å². The zero-order chi connectivity index (χ0) is 9.68. The van der Waals surface area contributed by atoms with Gasteiger partial charge in [0.25, 0.3) is 0 Å². The molecule has 0 fully saturated rings. The number of carbonyl (C=O) groups excluding carboxylic acids is 1. The van der Waals surface area contributed by atoms with Gasteiger partial charge in [-0.3, -0.25) is 4.79 Å². The molecular weight excluding hydrogens is 164 g/mol. The number of rotatable bonds is 4. The molecule has 1 aromatic heterocycles. The lowest BCUT2D eigenvalue weighted by atomic mass is 10.1. The van der Waals surface area contributed by atoms with Gasteiger partial charge in [-0.05, 0) is 6.07 Å². The maximum Gasteiger partial charge on any atom is 0.167 e. The summed E-state index contributed by atoms with van der Waals surface area (Å²) in [6.07, 6.45) is 8.26. The number of aryl methyl sites for hydroxylation is 1. The summed E-state index contributed by atoms with van der Waals surface area (Å²) in [5.74, 6) is 3.27. The Hall–Kier alpha value is -1.49. The highest BCUT2D eigenvalue weighted by Crippen LogP contribution is 2.13. The van der Waals surface area contributed by atoms with Crippen LogP contribution in [0.3, 0.4) is 0 Å². The third-order valence-corrected chi connectivity index (χ3v) is 1.86. The lowest BCUT2D eigenvalue weighted by Gasteiger charge is -1.96. The first kappa shape index (κ1) is 9.60. The summed E-state index contributed by atoms with van der Waals surface area (Å²) in [6, 6.07) is 1.71. The number of hydrogen-bond acceptors (Lipinski definition) is 2. The number of Topliss-reactive ketones (excluding diaryl/α,β-unsaturated/α-hetero) is 1. The van der Waals surface area contributed by atoms with Gasteiger partial charge in [-0.15, -0.1) is 12.3 Å². The van der Waals surface area contributed by atoms with Crippen molar-refractivity contribution in [1.82, 2.24) is 0 Å². The van der Waals surface area contributed by atoms with Gasteiger partial charge in [-0.1, -0.05) is 6.92 Å². The maximum atomic E-state index is 11.5. The topological polar surface area (TPSA) is 30.2 Å². The maximum absolute atomic E-state index is 11.5. The SMILES string of the molecule is C#CCCC(=O)c1ccoc1CC. The lowest BCUT2D eigenvalue weighted by molar-refractivity contribution is 0.0982. The van der Waals surface area contributed by atoms with E-state index in [0.717, 1.165) is 12.2 Å². The number of carbonyl (C=O) groups is 1. The van der Waals surface area contributed by atoms with E-state index in [9.17, 15) is 4.79 Å². The Kier molecular flexibility index (Phi) is 3.33. The van der Waals surface area contributed by atoms with Crippen LogP contribution in [-0.4, -0.2) is 5.78 Å². The molecule has 0 aromatic carbocycles. The fourth-order valence-electron chi connectivity index (χ4n) is 1.18. The number of ketones is 1. The van der Waals surface area contributed by atoms with Crippen LogP contribution >= 0.6 is 0 Å². The Morgan fingerprint density at radius 2 is 2.46 bits per heavy atom. The second-order valence-corrected chi connectivity index (χ2v) is 2.74. The molecule has 1 rings (SSSR count). The van der Waals surface area contributed by atoms with Crippen LogP contribution in [0.2, 0.25) is 0 Å². The summed E-state index contributed by atoms with van der Waals surface area (Å²) in [4.78, 5) is 11.5. The molecule has 68 valence electrons. The van der Waals surface area contributed by atoms with Gasteiger partial charge in [0.05, 0.1) is 11.8 Å². The summed E-state index contributed by atoms with van der Waals surface area (Å²) >= 11 is 0. The highest BCUT2D eigenvalue weighted by atomic mass is 16.3. The van der Waals surface area contributed by atoms with Crippen molar-refractivity contribution < 1.29 is 9.21 Å². The van der Waals surface area contributed by atoms with Crippen LogP contribution in [0.1, 0.15) is 35.9 Å². The molecule has 1 heterocycles. The predicted octanol–water partition coefficient (Wildman–Crippen LogP) is 2.44. The van der Waals surface area contributed by atoms with Crippen LogP contribution in [0.15, 0.2) is 16.7 Å². The van der Waals surface area contributed by atoms with Gasteiger partial charge in [-0.25, -0.2) is 0 Å². The van der Waals surface area contributed by atoms with Gasteiger partial charge in [0, 0.05) is 19.3 Å². The first-order valence-electron chi connectivity index (χ1n) is 4.32. The van der Waals surface area contributed by atoms with Crippen molar-refractivity contribution in [3.63, 3.8) is 0 Å². The van der Waals surface area contributed by atoms with E-state index in [1.54, 1.807) is 12.3 Å². The van der Waals surface area contributed by atoms with E-state index in [-0.39, 0.29) is 5.78 Å². The normalized spacial score (nSPS) is 9.54. The summed E-state index contributed by atoms with van der Waals surface area (Å²) in [6.45, 7) is 1.96. The summed E-state index contributed by atoms with van der Waals surface area (Å²) in [7, 11) is 0. The predicted molar refractivity (Wildman–Crippen MR) is 50.5 cm³/mol. The Morgan fingerprint density at radius 3 is 3.08 bits per heavy atom. The Bertz CT molecular complexity index is 328. The van der Waals surface area contributed by atoms with Gasteiger partial charge in [0.15, 0.2) is 5.78 Å². The Morgan fingerprint density at radius 1 is 1.69 bits per heavy atom. The molecule has 0 aliphatic heterocycles. The molecule has 2 nitrogen and oxygen atoms in total. The molecule has 0 amide bonds. The van der Waals surface area contributed by atoms with E-state index in [1.165, 1.54) is 0 Å². The molecule has 0 aliphatic carbocycles. The lowest BCUT2D eigenvalue weighted by Crippen LogP contribution is -1.99. The fraction of sp³-hybridized carbons (Fsp3) is 0.364. The van der Waals surface area contributed by atoms with Gasteiger partial charge >= 0.3 is 0 Å². The highest BCUT2D eigenvalue weighted by Gasteiger charge is 2.11. The van der Waals surface area contributed by atoms with E-state index in [4.69, 9.17) is 10.8 Å². The highest BCUT2D eigenvalue weighted by molar-refractivity contribution is 5.97. The second kappa shape index (κ2) is 4.51. The van der Waals surface area contributed by atoms with Crippen molar-refractivity contribution in [1.29, 1.82) is 0 Å². The molecular formula is C11H12O2. The minimum Gasteiger partial charge on any atom is -0.469 e. The van der Waals surface area contributed by atoms with Crippen molar-refractivity contribution in [3.8, 4) is 12.3 Å². The number of hydrogen-bond donors (Lipinski definition) is 0. The summed E-state index contributed by atoms with van der Waals surface area (Å²) in [5, 5.41) is 0. The van der Waals surface area contributed by atoms with Crippen LogP contribution in [0.4, 0.5) is 0 Å². The van der Waals surface area contributed by atoms with E-state index in [1.807, 2.05) is 6.92 Å². The molecule has 0 unspecified atom stereocenters. The average Bonchev–Trinajstić information content (AvgIpc) is 2.61. The van der Waals surface area contributed by atoms with Crippen LogP contribution in [0.25, 0.3) is 0 Å². The summed E-state index contributed by atoms with van der Waals surface area (Å²) in [5.41, 5.74) is 0.678. The minimum absolute atomic E-state index is 0.0727. The molecule has 0 saturated carbocycles. The standard InChI is InChI=1S/C11H12O2/c1-3-5-6-10(12)9-7-8-13-11(9)4-2/h1,7-8H,4-6H2,2H3. The van der Waals surface area contributed by atoms with Crippen molar-refractivity contribution in [2.45, 2.75) is 26.2 Å². The van der Waals surface area contributed by atoms with Crippen molar-refractivity contribution in [3.05, 3.63) is 23.7 Å². The first-order chi connectivity index (χ1) is 6.29. The number of furan rings is 1. The van der Waals surface area contributed by atoms with Crippen molar-refractivity contribution in [2.24, 2.45) is 0 Å². The first-order valence-corrected chi connectivity index (χ1v) is 4.32. The molecule has 0 atom stereocenters. The fourth-order valence-corrected chi connectivity index (χ4v) is 1.18. The van der Waals surface area contributed by atoms with Gasteiger partial charge in [0.2, 0.25) is 0 Å². The molecule has 1 aromatic rings. The zero-order valence-electron chi connectivity index (χ0n) is 7.67. The van der Waals surface area contributed by atoms with E-state index in [0.29, 0.717) is 18.4 Å². The molecule has 0 bridgehead atoms. The smallest absolute Gasteiger partial charge is 0.167 e. The van der Waals surface area contributed by atoms with E-state index in [2.05, 4.69) is 5.92 Å². The molecule has 13 heavy (non-hydrogen) atoms. The van der Waals surface area contributed by atoms with Gasteiger partial charge < -0.3 is 4.42 Å². The van der Waals surface area contributed by atoms with Crippen LogP contribution in [0, 0.1) is 12.3 Å². The number of terminal acetylenes is 1. The average molecular weight is 176 g/mol. The largest absolute Gasteiger partial charge is 0.469 e. The van der Waals surface area contributed by atoms with Gasteiger partial charge in [0.1, 0.15) is 5.76 Å². The molecule has 0 radical (unpaired) electrons. The monoisotopic (exact) mass is 176 g/mol.